The first kappa shape index (κ1) is 6.35. The Labute approximate surface area is 64.5 Å². The minimum atomic E-state index is 1.06. The molecule has 0 aliphatic rings. The lowest BCUT2D eigenvalue weighted by molar-refractivity contribution is 1.14. The van der Waals surface area contributed by atoms with E-state index < -0.39 is 0 Å². The van der Waals surface area contributed by atoms with Crippen LogP contribution in [-0.2, 0) is 0 Å². The average Bonchev–Trinajstić information content (AvgIpc) is 1.90. The fourth-order valence-corrected chi connectivity index (χ4v) is 1.40. The Balaban J connectivity index is 2.83. The van der Waals surface area contributed by atoms with E-state index in [0.29, 0.717) is 0 Å². The summed E-state index contributed by atoms with van der Waals surface area (Å²) < 4.78 is 0. The molecule has 1 heterocycles. The molecule has 0 aliphatic heterocycles. The molecule has 0 aromatic carbocycles. The van der Waals surface area contributed by atoms with Crippen LogP contribution in [0.25, 0.3) is 0 Å². The van der Waals surface area contributed by atoms with Gasteiger partial charge in [-0.2, -0.15) is 0 Å². The topological polar surface area (TPSA) is 12.9 Å². The molecule has 0 bridgehead atoms. The van der Waals surface area contributed by atoms with Crippen molar-refractivity contribution in [3.05, 3.63) is 24.4 Å². The van der Waals surface area contributed by atoms with Crippen LogP contribution >= 0.6 is 30.1 Å². The van der Waals surface area contributed by atoms with E-state index in [-0.39, 0.29) is 0 Å². The van der Waals surface area contributed by atoms with Crippen molar-refractivity contribution < 1.29 is 0 Å². The Morgan fingerprint density at radius 1 is 1.50 bits per heavy atom. The van der Waals surface area contributed by atoms with Crippen molar-refractivity contribution in [3.63, 3.8) is 0 Å². The van der Waals surface area contributed by atoms with E-state index in [0.717, 1.165) is 5.03 Å². The lowest BCUT2D eigenvalue weighted by Gasteiger charge is -1.86. The highest BCUT2D eigenvalue weighted by atomic mass is 127. The van der Waals surface area contributed by atoms with Gasteiger partial charge in [0.2, 0.25) is 0 Å². The summed E-state index contributed by atoms with van der Waals surface area (Å²) in [6.07, 6.45) is 1.79. The van der Waals surface area contributed by atoms with Gasteiger partial charge in [0.15, 0.2) is 0 Å². The molecule has 0 N–H and O–H groups in total. The summed E-state index contributed by atoms with van der Waals surface area (Å²) >= 11 is 2.21. The summed E-state index contributed by atoms with van der Waals surface area (Å²) in [5.74, 6) is 0. The number of aromatic nitrogens is 1. The van der Waals surface area contributed by atoms with Gasteiger partial charge < -0.3 is 0 Å². The highest BCUT2D eigenvalue weighted by Crippen LogP contribution is 2.20. The summed E-state index contributed by atoms with van der Waals surface area (Å²) in [5, 5.41) is 1.06. The van der Waals surface area contributed by atoms with Crippen molar-refractivity contribution in [2.24, 2.45) is 0 Å². The number of rotatable bonds is 1. The normalized spacial score (nSPS) is 9.12. The van der Waals surface area contributed by atoms with Gasteiger partial charge in [0.1, 0.15) is 5.03 Å². The second-order valence-electron chi connectivity index (χ2n) is 1.25. The van der Waals surface area contributed by atoms with Gasteiger partial charge in [-0.1, -0.05) is 6.07 Å². The van der Waals surface area contributed by atoms with Crippen molar-refractivity contribution in [2.45, 2.75) is 5.03 Å². The van der Waals surface area contributed by atoms with E-state index in [4.69, 9.17) is 0 Å². The maximum atomic E-state index is 4.05. The Morgan fingerprint density at radius 3 is 2.75 bits per heavy atom. The van der Waals surface area contributed by atoms with Crippen LogP contribution < -0.4 is 0 Å². The van der Waals surface area contributed by atoms with Crippen LogP contribution in [0.3, 0.4) is 0 Å². The molecular weight excluding hydrogens is 233 g/mol. The molecular formula is C5H4INS. The number of halogens is 1. The number of nitrogens with zero attached hydrogens (tertiary/aromatic N) is 1. The van der Waals surface area contributed by atoms with Gasteiger partial charge in [0.25, 0.3) is 0 Å². The Morgan fingerprint density at radius 2 is 2.38 bits per heavy atom. The van der Waals surface area contributed by atoms with Crippen molar-refractivity contribution in [2.75, 3.05) is 0 Å². The van der Waals surface area contributed by atoms with Gasteiger partial charge >= 0.3 is 0 Å². The van der Waals surface area contributed by atoms with Crippen molar-refractivity contribution in [1.82, 2.24) is 4.98 Å². The first-order valence-electron chi connectivity index (χ1n) is 2.13. The average molecular weight is 237 g/mol. The molecule has 8 heavy (non-hydrogen) atoms. The molecule has 1 aromatic rings. The smallest absolute Gasteiger partial charge is 0.106 e. The first-order valence-corrected chi connectivity index (χ1v) is 5.49. The largest absolute Gasteiger partial charge is 0.249 e. The minimum Gasteiger partial charge on any atom is -0.249 e. The highest BCUT2D eigenvalue weighted by Gasteiger charge is 1.84. The molecule has 0 saturated carbocycles. The molecule has 0 atom stereocenters. The molecule has 0 spiro atoms. The third-order valence-corrected chi connectivity index (χ3v) is 2.47. The van der Waals surface area contributed by atoms with Crippen molar-refractivity contribution >= 4 is 30.1 Å². The van der Waals surface area contributed by atoms with Crippen LogP contribution in [0.15, 0.2) is 29.4 Å². The van der Waals surface area contributed by atoms with Crippen LogP contribution in [0, 0.1) is 0 Å². The predicted octanol–water partition coefficient (Wildman–Crippen LogP) is 2.52. The maximum Gasteiger partial charge on any atom is 0.106 e. The van der Waals surface area contributed by atoms with Crippen LogP contribution in [0.5, 0.6) is 0 Å². The van der Waals surface area contributed by atoms with Crippen molar-refractivity contribution in [1.29, 1.82) is 0 Å². The molecule has 0 unspecified atom stereocenters. The molecule has 1 aromatic heterocycles. The maximum absolute atomic E-state index is 4.05. The number of hydrogen-bond donors (Lipinski definition) is 0. The monoisotopic (exact) mass is 237 g/mol. The van der Waals surface area contributed by atoms with Gasteiger partial charge in [-0.25, -0.2) is 4.98 Å². The van der Waals surface area contributed by atoms with Gasteiger partial charge in [-0.15, -0.1) is 0 Å². The third-order valence-electron chi connectivity index (χ3n) is 0.717. The van der Waals surface area contributed by atoms with E-state index in [2.05, 4.69) is 26.2 Å². The van der Waals surface area contributed by atoms with Gasteiger partial charge in [-0.05, 0) is 21.1 Å². The standard InChI is InChI=1S/C5H4INS/c6-8-5-3-1-2-4-7-5/h1-4H. The molecule has 1 rings (SSSR count). The molecule has 1 nitrogen and oxygen atoms in total. The second kappa shape index (κ2) is 3.29. The van der Waals surface area contributed by atoms with E-state index in [1.807, 2.05) is 18.2 Å². The number of pyridine rings is 1. The first-order chi connectivity index (χ1) is 3.93. The molecule has 42 valence electrons. The summed E-state index contributed by atoms with van der Waals surface area (Å²) in [6, 6.07) is 5.88. The summed E-state index contributed by atoms with van der Waals surface area (Å²) in [7, 11) is 1.63. The fraction of sp³-hybridized carbons (Fsp3) is 0. The van der Waals surface area contributed by atoms with E-state index >= 15 is 0 Å². The molecule has 0 saturated heterocycles. The predicted molar refractivity (Wildman–Crippen MR) is 44.1 cm³/mol. The Hall–Kier alpha value is 0.230. The quantitative estimate of drug-likeness (QED) is 0.696. The molecule has 0 radical (unpaired) electrons. The molecule has 0 amide bonds. The van der Waals surface area contributed by atoms with Crippen LogP contribution in [0.2, 0.25) is 0 Å². The molecule has 3 heteroatoms. The zero-order chi connectivity index (χ0) is 5.82. The summed E-state index contributed by atoms with van der Waals surface area (Å²) in [5.41, 5.74) is 0. The zero-order valence-electron chi connectivity index (χ0n) is 4.04. The fourth-order valence-electron chi connectivity index (χ4n) is 0.393. The minimum absolute atomic E-state index is 1.06. The summed E-state index contributed by atoms with van der Waals surface area (Å²) in [4.78, 5) is 4.05. The van der Waals surface area contributed by atoms with E-state index in [1.165, 1.54) is 0 Å². The molecule has 0 fully saturated rings. The lowest BCUT2D eigenvalue weighted by Crippen LogP contribution is -1.69. The molecule has 0 aliphatic carbocycles. The van der Waals surface area contributed by atoms with Gasteiger partial charge in [0, 0.05) is 27.4 Å². The summed E-state index contributed by atoms with van der Waals surface area (Å²) in [6.45, 7) is 0. The Bertz CT molecular complexity index is 154. The SMILES string of the molecule is ISc1ccccn1. The third kappa shape index (κ3) is 1.63. The lowest BCUT2D eigenvalue weighted by atomic mass is 10.5. The highest BCUT2D eigenvalue weighted by molar-refractivity contribution is 14.2. The van der Waals surface area contributed by atoms with Gasteiger partial charge in [0.05, 0.1) is 0 Å². The Kier molecular flexibility index (Phi) is 2.62. The van der Waals surface area contributed by atoms with Crippen LogP contribution in [0.1, 0.15) is 0 Å². The van der Waals surface area contributed by atoms with E-state index in [1.54, 1.807) is 15.1 Å². The number of hydrogen-bond acceptors (Lipinski definition) is 2. The second-order valence-corrected chi connectivity index (χ2v) is 3.14. The van der Waals surface area contributed by atoms with Crippen LogP contribution in [0.4, 0.5) is 0 Å². The van der Waals surface area contributed by atoms with Crippen molar-refractivity contribution in [3.8, 4) is 0 Å². The van der Waals surface area contributed by atoms with Gasteiger partial charge in [-0.3, -0.25) is 0 Å². The van der Waals surface area contributed by atoms with Crippen LogP contribution in [-0.4, -0.2) is 4.98 Å². The van der Waals surface area contributed by atoms with E-state index in [9.17, 15) is 0 Å². The zero-order valence-corrected chi connectivity index (χ0v) is 7.02.